The van der Waals surface area contributed by atoms with Crippen molar-refractivity contribution in [2.45, 2.75) is 43.4 Å². The highest BCUT2D eigenvalue weighted by atomic mass is 32.2. The van der Waals surface area contributed by atoms with Crippen LogP contribution in [0.4, 0.5) is 0 Å². The molecule has 0 unspecified atom stereocenters. The van der Waals surface area contributed by atoms with Gasteiger partial charge in [0.2, 0.25) is 15.9 Å². The van der Waals surface area contributed by atoms with Gasteiger partial charge in [0.05, 0.1) is 0 Å². The number of nitrogens with zero attached hydrogens (tertiary/aromatic N) is 2. The third-order valence-corrected chi connectivity index (χ3v) is 6.98. The van der Waals surface area contributed by atoms with Crippen molar-refractivity contribution in [1.29, 1.82) is 0 Å². The molecule has 0 aromatic carbocycles. The van der Waals surface area contributed by atoms with Crippen molar-refractivity contribution in [1.82, 2.24) is 19.2 Å². The zero-order valence-corrected chi connectivity index (χ0v) is 15.4. The maximum absolute atomic E-state index is 12.7. The third kappa shape index (κ3) is 4.07. The second kappa shape index (κ2) is 7.75. The van der Waals surface area contributed by atoms with Crippen LogP contribution in [0.15, 0.2) is 20.7 Å². The van der Waals surface area contributed by atoms with Gasteiger partial charge >= 0.3 is 5.69 Å². The molecular formula is C16H24N4O5S. The average molecular weight is 384 g/mol. The second-order valence-corrected chi connectivity index (χ2v) is 8.84. The largest absolute Gasteiger partial charge is 0.343 e. The average Bonchev–Trinajstić information content (AvgIpc) is 3.14. The highest BCUT2D eigenvalue weighted by Crippen LogP contribution is 2.25. The predicted molar refractivity (Wildman–Crippen MR) is 94.2 cm³/mol. The summed E-state index contributed by atoms with van der Waals surface area (Å²) >= 11 is 0. The van der Waals surface area contributed by atoms with Gasteiger partial charge in [0, 0.05) is 38.8 Å². The van der Waals surface area contributed by atoms with Gasteiger partial charge in [0.15, 0.2) is 4.90 Å². The van der Waals surface area contributed by atoms with E-state index in [-0.39, 0.29) is 18.4 Å². The molecule has 3 heterocycles. The molecule has 2 fully saturated rings. The van der Waals surface area contributed by atoms with E-state index in [9.17, 15) is 22.8 Å². The van der Waals surface area contributed by atoms with Crippen LogP contribution >= 0.6 is 0 Å². The van der Waals surface area contributed by atoms with Crippen LogP contribution in [0, 0.1) is 5.92 Å². The van der Waals surface area contributed by atoms with Crippen LogP contribution in [0.3, 0.4) is 0 Å². The molecule has 3 rings (SSSR count). The lowest BCUT2D eigenvalue weighted by Crippen LogP contribution is -2.42. The van der Waals surface area contributed by atoms with Crippen molar-refractivity contribution in [2.24, 2.45) is 5.92 Å². The Bertz CT molecular complexity index is 869. The first kappa shape index (κ1) is 18.8. The van der Waals surface area contributed by atoms with Crippen LogP contribution < -0.4 is 11.2 Å². The molecule has 1 atom stereocenters. The number of carbonyl (C=O) groups excluding carboxylic acids is 1. The summed E-state index contributed by atoms with van der Waals surface area (Å²) in [5, 5.41) is 0. The molecule has 0 saturated carbocycles. The maximum atomic E-state index is 12.7. The van der Waals surface area contributed by atoms with Crippen molar-refractivity contribution in [2.75, 3.05) is 26.2 Å². The summed E-state index contributed by atoms with van der Waals surface area (Å²) < 4.78 is 26.7. The molecule has 2 aliphatic rings. The topological polar surface area (TPSA) is 123 Å². The Balaban J connectivity index is 1.64. The van der Waals surface area contributed by atoms with E-state index in [0.717, 1.165) is 38.5 Å². The third-order valence-electron chi connectivity index (χ3n) is 5.11. The Labute approximate surface area is 151 Å². The van der Waals surface area contributed by atoms with E-state index < -0.39 is 26.2 Å². The number of aromatic nitrogens is 2. The lowest BCUT2D eigenvalue weighted by Gasteiger charge is -2.31. The first-order chi connectivity index (χ1) is 12.4. The lowest BCUT2D eigenvalue weighted by atomic mass is 9.94. The highest BCUT2D eigenvalue weighted by Gasteiger charge is 2.32. The van der Waals surface area contributed by atoms with Crippen LogP contribution in [-0.2, 0) is 14.8 Å². The summed E-state index contributed by atoms with van der Waals surface area (Å²) in [6.07, 6.45) is 5.66. The fourth-order valence-corrected chi connectivity index (χ4v) is 5.21. The molecule has 2 aliphatic heterocycles. The van der Waals surface area contributed by atoms with Gasteiger partial charge in [-0.15, -0.1) is 0 Å². The number of hydrogen-bond donors (Lipinski definition) is 2. The Morgan fingerprint density at radius 3 is 2.58 bits per heavy atom. The molecule has 1 aromatic rings. The van der Waals surface area contributed by atoms with Crippen molar-refractivity contribution in [3.8, 4) is 0 Å². The van der Waals surface area contributed by atoms with Gasteiger partial charge in [-0.05, 0) is 38.0 Å². The van der Waals surface area contributed by atoms with Crippen molar-refractivity contribution in [3.63, 3.8) is 0 Å². The van der Waals surface area contributed by atoms with Gasteiger partial charge < -0.3 is 9.88 Å². The number of piperidine rings is 1. The summed E-state index contributed by atoms with van der Waals surface area (Å²) in [5.41, 5.74) is -1.66. The minimum Gasteiger partial charge on any atom is -0.343 e. The fraction of sp³-hybridized carbons (Fsp3) is 0.688. The molecule has 144 valence electrons. The number of nitrogens with one attached hydrogen (secondary N) is 2. The molecule has 2 saturated heterocycles. The molecule has 0 spiro atoms. The van der Waals surface area contributed by atoms with E-state index in [0.29, 0.717) is 25.8 Å². The monoisotopic (exact) mass is 384 g/mol. The molecule has 0 radical (unpaired) electrons. The van der Waals surface area contributed by atoms with Crippen molar-refractivity contribution < 1.29 is 13.2 Å². The van der Waals surface area contributed by atoms with Crippen LogP contribution in [0.5, 0.6) is 0 Å². The molecule has 1 aromatic heterocycles. The highest BCUT2D eigenvalue weighted by molar-refractivity contribution is 7.89. The Morgan fingerprint density at radius 1 is 1.15 bits per heavy atom. The summed E-state index contributed by atoms with van der Waals surface area (Å²) in [5.74, 6) is 0.228. The normalized spacial score (nSPS) is 21.8. The molecule has 9 nitrogen and oxygen atoms in total. The smallest absolute Gasteiger partial charge is 0.325 e. The summed E-state index contributed by atoms with van der Waals surface area (Å²) in [4.78, 5) is 40.7. The number of likely N-dealkylation sites (tertiary alicyclic amines) is 1. The first-order valence-electron chi connectivity index (χ1n) is 8.98. The summed E-state index contributed by atoms with van der Waals surface area (Å²) in [6.45, 7) is 2.25. The molecule has 26 heavy (non-hydrogen) atoms. The Morgan fingerprint density at radius 2 is 1.88 bits per heavy atom. The van der Waals surface area contributed by atoms with Crippen molar-refractivity contribution in [3.05, 3.63) is 27.0 Å². The van der Waals surface area contributed by atoms with E-state index in [2.05, 4.69) is 4.98 Å². The molecule has 10 heteroatoms. The first-order valence-corrected chi connectivity index (χ1v) is 10.4. The zero-order chi connectivity index (χ0) is 18.7. The SMILES string of the molecule is O=C(CC[C@@H]1CCCN(S(=O)(=O)c2c[nH]c(=O)[nH]c2=O)C1)N1CCCC1. The zero-order valence-electron chi connectivity index (χ0n) is 14.6. The van der Waals surface area contributed by atoms with Crippen LogP contribution in [0.1, 0.15) is 38.5 Å². The molecular weight excluding hydrogens is 360 g/mol. The quantitative estimate of drug-likeness (QED) is 0.732. The fourth-order valence-electron chi connectivity index (χ4n) is 3.66. The van der Waals surface area contributed by atoms with Gasteiger partial charge in [0.1, 0.15) is 0 Å². The number of amides is 1. The Kier molecular flexibility index (Phi) is 5.61. The lowest BCUT2D eigenvalue weighted by molar-refractivity contribution is -0.130. The van der Waals surface area contributed by atoms with Gasteiger partial charge in [-0.25, -0.2) is 13.2 Å². The number of carbonyl (C=O) groups is 1. The molecule has 0 aliphatic carbocycles. The van der Waals surface area contributed by atoms with Crippen molar-refractivity contribution >= 4 is 15.9 Å². The van der Waals surface area contributed by atoms with Gasteiger partial charge in [-0.3, -0.25) is 14.6 Å². The molecule has 0 bridgehead atoms. The van der Waals surface area contributed by atoms with E-state index in [4.69, 9.17) is 0 Å². The van der Waals surface area contributed by atoms with Gasteiger partial charge in [0.25, 0.3) is 5.56 Å². The predicted octanol–water partition coefficient (Wildman–Crippen LogP) is -0.133. The number of hydrogen-bond acceptors (Lipinski definition) is 5. The molecule has 2 N–H and O–H groups in total. The summed E-state index contributed by atoms with van der Waals surface area (Å²) in [6, 6.07) is 0. The minimum atomic E-state index is -3.97. The maximum Gasteiger partial charge on any atom is 0.325 e. The van der Waals surface area contributed by atoms with Crippen LogP contribution in [0.25, 0.3) is 0 Å². The number of aromatic amines is 2. The van der Waals surface area contributed by atoms with Crippen LogP contribution in [0.2, 0.25) is 0 Å². The second-order valence-electron chi connectivity index (χ2n) is 6.93. The van der Waals surface area contributed by atoms with Gasteiger partial charge in [-0.2, -0.15) is 4.31 Å². The van der Waals surface area contributed by atoms with Crippen LogP contribution in [-0.4, -0.2) is 59.7 Å². The van der Waals surface area contributed by atoms with Gasteiger partial charge in [-0.1, -0.05) is 0 Å². The standard InChI is InChI=1S/C16H24N4O5S/c21-14(19-7-1-2-8-19)6-5-12-4-3-9-20(11-12)26(24,25)13-10-17-16(23)18-15(13)22/h10,12H,1-9,11H2,(H2,17,18,22,23)/t12-/m0/s1. The number of H-pyrrole nitrogens is 2. The number of rotatable bonds is 5. The minimum absolute atomic E-state index is 0.0897. The van der Waals surface area contributed by atoms with E-state index >= 15 is 0 Å². The van der Waals surface area contributed by atoms with E-state index in [1.807, 2.05) is 9.88 Å². The van der Waals surface area contributed by atoms with E-state index in [1.54, 1.807) is 0 Å². The summed E-state index contributed by atoms with van der Waals surface area (Å²) in [7, 11) is -3.97. The number of sulfonamides is 1. The van der Waals surface area contributed by atoms with E-state index in [1.165, 1.54) is 4.31 Å². The Hall–Kier alpha value is -1.94. The molecule has 1 amide bonds.